The van der Waals surface area contributed by atoms with Gasteiger partial charge in [0.15, 0.2) is 0 Å². The minimum atomic E-state index is 0.612. The summed E-state index contributed by atoms with van der Waals surface area (Å²) in [6.07, 6.45) is 5.69. The minimum absolute atomic E-state index is 0.612. The van der Waals surface area contributed by atoms with Crippen molar-refractivity contribution in [2.75, 3.05) is 20.3 Å². The molecule has 0 amide bonds. The Balaban J connectivity index is 3.65. The van der Waals surface area contributed by atoms with Gasteiger partial charge in [-0.1, -0.05) is 6.92 Å². The van der Waals surface area contributed by atoms with E-state index in [2.05, 4.69) is 24.1 Å². The molecule has 2 heteroatoms. The van der Waals surface area contributed by atoms with Gasteiger partial charge in [-0.15, -0.1) is 11.8 Å². The second-order valence-corrected chi connectivity index (χ2v) is 3.75. The fourth-order valence-electron chi connectivity index (χ4n) is 1.54. The van der Waals surface area contributed by atoms with E-state index in [-0.39, 0.29) is 0 Å². The number of nitrogens with one attached hydrogen (secondary N) is 1. The second kappa shape index (κ2) is 11.6. The molecule has 0 heterocycles. The molecule has 0 aromatic heterocycles. The van der Waals surface area contributed by atoms with Crippen LogP contribution < -0.4 is 5.32 Å². The van der Waals surface area contributed by atoms with E-state index in [0.717, 1.165) is 32.4 Å². The average molecular weight is 211 g/mol. The molecule has 0 radical (unpaired) electrons. The van der Waals surface area contributed by atoms with E-state index < -0.39 is 0 Å². The van der Waals surface area contributed by atoms with Crippen LogP contribution in [0.25, 0.3) is 0 Å². The molecule has 0 aromatic rings. The van der Waals surface area contributed by atoms with E-state index in [9.17, 15) is 0 Å². The summed E-state index contributed by atoms with van der Waals surface area (Å²) in [6.45, 7) is 6.07. The van der Waals surface area contributed by atoms with Crippen LogP contribution in [0.5, 0.6) is 0 Å². The number of methoxy groups -OCH3 is 1. The fraction of sp³-hybridized carbons (Fsp3) is 0.846. The molecule has 1 atom stereocenters. The Morgan fingerprint density at radius 2 is 2.13 bits per heavy atom. The van der Waals surface area contributed by atoms with Gasteiger partial charge in [-0.2, -0.15) is 0 Å². The Morgan fingerprint density at radius 3 is 2.73 bits per heavy atom. The third kappa shape index (κ3) is 9.78. The van der Waals surface area contributed by atoms with Crippen molar-refractivity contribution >= 4 is 0 Å². The number of rotatable bonds is 9. The molecule has 0 bridgehead atoms. The molecule has 88 valence electrons. The average Bonchev–Trinajstić information content (AvgIpc) is 2.25. The predicted octanol–water partition coefficient (Wildman–Crippen LogP) is 2.58. The smallest absolute Gasteiger partial charge is 0.0462 e. The molecule has 15 heavy (non-hydrogen) atoms. The highest BCUT2D eigenvalue weighted by molar-refractivity contribution is 4.95. The van der Waals surface area contributed by atoms with E-state index >= 15 is 0 Å². The van der Waals surface area contributed by atoms with Gasteiger partial charge in [0.05, 0.1) is 0 Å². The summed E-state index contributed by atoms with van der Waals surface area (Å²) < 4.78 is 5.07. The Labute approximate surface area is 94.8 Å². The third-order valence-corrected chi connectivity index (χ3v) is 2.38. The van der Waals surface area contributed by atoms with Crippen molar-refractivity contribution in [3.63, 3.8) is 0 Å². The SMILES string of the molecule is CC#CCCC(CCCOC)NCCC. The largest absolute Gasteiger partial charge is 0.385 e. The second-order valence-electron chi connectivity index (χ2n) is 3.75. The molecule has 0 aliphatic rings. The van der Waals surface area contributed by atoms with Crippen LogP contribution in [-0.2, 0) is 4.74 Å². The number of hydrogen-bond donors (Lipinski definition) is 1. The van der Waals surface area contributed by atoms with Crippen LogP contribution in [0, 0.1) is 11.8 Å². The summed E-state index contributed by atoms with van der Waals surface area (Å²) >= 11 is 0. The minimum Gasteiger partial charge on any atom is -0.385 e. The van der Waals surface area contributed by atoms with Crippen LogP contribution in [0.1, 0.15) is 46.0 Å². The quantitative estimate of drug-likeness (QED) is 0.467. The highest BCUT2D eigenvalue weighted by Crippen LogP contribution is 2.05. The van der Waals surface area contributed by atoms with Gasteiger partial charge in [-0.05, 0) is 39.2 Å². The van der Waals surface area contributed by atoms with Gasteiger partial charge in [-0.3, -0.25) is 0 Å². The molecule has 0 saturated heterocycles. The van der Waals surface area contributed by atoms with Crippen LogP contribution in [0.2, 0.25) is 0 Å². The van der Waals surface area contributed by atoms with E-state index in [4.69, 9.17) is 4.74 Å². The Hall–Kier alpha value is -0.520. The molecular formula is C13H25NO. The number of hydrogen-bond acceptors (Lipinski definition) is 2. The monoisotopic (exact) mass is 211 g/mol. The van der Waals surface area contributed by atoms with Crippen LogP contribution in [0.15, 0.2) is 0 Å². The Kier molecular flexibility index (Phi) is 11.2. The first-order valence-corrected chi connectivity index (χ1v) is 5.97. The van der Waals surface area contributed by atoms with Gasteiger partial charge in [0.25, 0.3) is 0 Å². The van der Waals surface area contributed by atoms with Crippen molar-refractivity contribution in [2.45, 2.75) is 52.0 Å². The van der Waals surface area contributed by atoms with Gasteiger partial charge in [-0.25, -0.2) is 0 Å². The summed E-state index contributed by atoms with van der Waals surface area (Å²) in [5, 5.41) is 3.56. The van der Waals surface area contributed by atoms with Gasteiger partial charge in [0, 0.05) is 26.2 Å². The summed E-state index contributed by atoms with van der Waals surface area (Å²) in [4.78, 5) is 0. The first-order chi connectivity index (χ1) is 7.35. The lowest BCUT2D eigenvalue weighted by atomic mass is 10.1. The van der Waals surface area contributed by atoms with Crippen molar-refractivity contribution in [3.8, 4) is 11.8 Å². The molecule has 0 rings (SSSR count). The maximum Gasteiger partial charge on any atom is 0.0462 e. The molecular weight excluding hydrogens is 186 g/mol. The van der Waals surface area contributed by atoms with Crippen molar-refractivity contribution in [1.29, 1.82) is 0 Å². The lowest BCUT2D eigenvalue weighted by Gasteiger charge is -2.17. The van der Waals surface area contributed by atoms with E-state index in [1.807, 2.05) is 6.92 Å². The zero-order valence-corrected chi connectivity index (χ0v) is 10.4. The molecule has 0 saturated carbocycles. The molecule has 2 nitrogen and oxygen atoms in total. The van der Waals surface area contributed by atoms with Crippen molar-refractivity contribution in [1.82, 2.24) is 5.32 Å². The molecule has 0 aromatic carbocycles. The van der Waals surface area contributed by atoms with Crippen molar-refractivity contribution in [2.24, 2.45) is 0 Å². The van der Waals surface area contributed by atoms with Gasteiger partial charge >= 0.3 is 0 Å². The zero-order valence-electron chi connectivity index (χ0n) is 10.4. The summed E-state index contributed by atoms with van der Waals surface area (Å²) in [6, 6.07) is 0.612. The summed E-state index contributed by atoms with van der Waals surface area (Å²) in [7, 11) is 1.76. The van der Waals surface area contributed by atoms with Crippen LogP contribution in [0.4, 0.5) is 0 Å². The maximum absolute atomic E-state index is 5.07. The van der Waals surface area contributed by atoms with E-state index in [1.54, 1.807) is 7.11 Å². The first kappa shape index (κ1) is 14.5. The zero-order chi connectivity index (χ0) is 11.4. The lowest BCUT2D eigenvalue weighted by Crippen LogP contribution is -2.29. The molecule has 0 aliphatic heterocycles. The van der Waals surface area contributed by atoms with E-state index in [0.29, 0.717) is 6.04 Å². The first-order valence-electron chi connectivity index (χ1n) is 5.97. The summed E-state index contributed by atoms with van der Waals surface area (Å²) in [5.74, 6) is 6.07. The van der Waals surface area contributed by atoms with Gasteiger partial charge < -0.3 is 10.1 Å². The summed E-state index contributed by atoms with van der Waals surface area (Å²) in [5.41, 5.74) is 0. The molecule has 1 unspecified atom stereocenters. The lowest BCUT2D eigenvalue weighted by molar-refractivity contribution is 0.188. The highest BCUT2D eigenvalue weighted by atomic mass is 16.5. The number of ether oxygens (including phenoxy) is 1. The topological polar surface area (TPSA) is 21.3 Å². The van der Waals surface area contributed by atoms with Crippen molar-refractivity contribution in [3.05, 3.63) is 0 Å². The Bertz CT molecular complexity index is 181. The van der Waals surface area contributed by atoms with E-state index in [1.165, 1.54) is 12.8 Å². The predicted molar refractivity (Wildman–Crippen MR) is 65.9 cm³/mol. The van der Waals surface area contributed by atoms with Crippen LogP contribution >= 0.6 is 0 Å². The molecule has 0 fully saturated rings. The molecule has 0 aliphatic carbocycles. The molecule has 1 N–H and O–H groups in total. The third-order valence-electron chi connectivity index (χ3n) is 2.38. The van der Waals surface area contributed by atoms with Crippen LogP contribution in [0.3, 0.4) is 0 Å². The Morgan fingerprint density at radius 1 is 1.33 bits per heavy atom. The van der Waals surface area contributed by atoms with Gasteiger partial charge in [0.1, 0.15) is 0 Å². The standard InChI is InChI=1S/C13H25NO/c1-4-6-7-9-13(14-11-5-2)10-8-12-15-3/h13-14H,5,7-12H2,1-3H3. The normalized spacial score (nSPS) is 11.9. The highest BCUT2D eigenvalue weighted by Gasteiger charge is 2.05. The van der Waals surface area contributed by atoms with Crippen molar-refractivity contribution < 1.29 is 4.74 Å². The fourth-order valence-corrected chi connectivity index (χ4v) is 1.54. The molecule has 0 spiro atoms. The maximum atomic E-state index is 5.07. The van der Waals surface area contributed by atoms with Crippen LogP contribution in [-0.4, -0.2) is 26.3 Å². The van der Waals surface area contributed by atoms with Gasteiger partial charge in [0.2, 0.25) is 0 Å².